The van der Waals surface area contributed by atoms with Gasteiger partial charge in [0.15, 0.2) is 0 Å². The van der Waals surface area contributed by atoms with Gasteiger partial charge < -0.3 is 15.0 Å². The Morgan fingerprint density at radius 1 is 1.53 bits per heavy atom. The molecule has 0 radical (unpaired) electrons. The van der Waals surface area contributed by atoms with Crippen molar-refractivity contribution in [1.82, 2.24) is 10.2 Å². The van der Waals surface area contributed by atoms with Crippen molar-refractivity contribution in [1.29, 1.82) is 0 Å². The molecular weight excluding hydrogens is 196 g/mol. The minimum atomic E-state index is -0.365. The van der Waals surface area contributed by atoms with Crippen LogP contribution in [0.5, 0.6) is 0 Å². The van der Waals surface area contributed by atoms with Crippen LogP contribution >= 0.6 is 0 Å². The Kier molecular flexibility index (Phi) is 2.90. The quantitative estimate of drug-likeness (QED) is 0.672. The van der Waals surface area contributed by atoms with Gasteiger partial charge in [0.05, 0.1) is 12.6 Å². The molecule has 0 aromatic rings. The Hall–Kier alpha value is -1.10. The topological polar surface area (TPSA) is 58.6 Å². The molecule has 0 aromatic carbocycles. The van der Waals surface area contributed by atoms with Crippen molar-refractivity contribution in [3.05, 3.63) is 0 Å². The Morgan fingerprint density at radius 2 is 2.33 bits per heavy atom. The summed E-state index contributed by atoms with van der Waals surface area (Å²) in [6.07, 6.45) is 2.15. The van der Waals surface area contributed by atoms with E-state index >= 15 is 0 Å². The Labute approximate surface area is 88.8 Å². The molecule has 0 bridgehead atoms. The third-order valence-electron chi connectivity index (χ3n) is 3.01. The molecule has 2 fully saturated rings. The minimum absolute atomic E-state index is 0.0161. The molecule has 5 nitrogen and oxygen atoms in total. The molecule has 0 saturated carbocycles. The summed E-state index contributed by atoms with van der Waals surface area (Å²) < 4.78 is 5.46. The van der Waals surface area contributed by atoms with Gasteiger partial charge in [-0.15, -0.1) is 0 Å². The fourth-order valence-corrected chi connectivity index (χ4v) is 2.04. The van der Waals surface area contributed by atoms with E-state index in [1.165, 1.54) is 0 Å². The van der Waals surface area contributed by atoms with Crippen LogP contribution in [0.3, 0.4) is 0 Å². The van der Waals surface area contributed by atoms with E-state index in [1.54, 1.807) is 11.8 Å². The molecule has 2 saturated heterocycles. The zero-order chi connectivity index (χ0) is 10.8. The summed E-state index contributed by atoms with van der Waals surface area (Å²) in [6, 6.07) is -0.365. The van der Waals surface area contributed by atoms with E-state index in [-0.39, 0.29) is 30.5 Å². The summed E-state index contributed by atoms with van der Waals surface area (Å²) in [5.41, 5.74) is 0. The van der Waals surface area contributed by atoms with E-state index in [9.17, 15) is 9.59 Å². The summed E-state index contributed by atoms with van der Waals surface area (Å²) in [4.78, 5) is 24.6. The first-order valence-electron chi connectivity index (χ1n) is 5.37. The molecule has 0 aromatic heterocycles. The smallest absolute Gasteiger partial charge is 0.242 e. The van der Waals surface area contributed by atoms with E-state index in [0.717, 1.165) is 19.4 Å². The van der Waals surface area contributed by atoms with Gasteiger partial charge in [-0.05, 0) is 19.8 Å². The van der Waals surface area contributed by atoms with Crippen LogP contribution in [0.4, 0.5) is 0 Å². The van der Waals surface area contributed by atoms with Crippen LogP contribution in [-0.2, 0) is 14.3 Å². The second kappa shape index (κ2) is 4.18. The van der Waals surface area contributed by atoms with E-state index in [1.807, 2.05) is 0 Å². The lowest BCUT2D eigenvalue weighted by molar-refractivity contribution is -0.146. The van der Waals surface area contributed by atoms with Gasteiger partial charge >= 0.3 is 0 Å². The van der Waals surface area contributed by atoms with Gasteiger partial charge in [0.1, 0.15) is 6.04 Å². The summed E-state index contributed by atoms with van der Waals surface area (Å²) in [7, 11) is 0. The Balaban J connectivity index is 1.97. The maximum absolute atomic E-state index is 11.6. The molecule has 1 N–H and O–H groups in total. The molecule has 15 heavy (non-hydrogen) atoms. The molecule has 2 amide bonds. The molecule has 2 aliphatic heterocycles. The number of amides is 2. The number of hydrogen-bond acceptors (Lipinski definition) is 3. The van der Waals surface area contributed by atoms with Gasteiger partial charge in [0.2, 0.25) is 11.8 Å². The monoisotopic (exact) mass is 212 g/mol. The van der Waals surface area contributed by atoms with Crippen LogP contribution < -0.4 is 5.32 Å². The SMILES string of the molecule is CC1C(=O)NCC(=O)N1CC1CCCO1. The number of rotatable bonds is 2. The highest BCUT2D eigenvalue weighted by Gasteiger charge is 2.33. The van der Waals surface area contributed by atoms with Crippen molar-refractivity contribution in [2.24, 2.45) is 0 Å². The van der Waals surface area contributed by atoms with Gasteiger partial charge in [-0.1, -0.05) is 0 Å². The van der Waals surface area contributed by atoms with Crippen molar-refractivity contribution in [3.8, 4) is 0 Å². The lowest BCUT2D eigenvalue weighted by atomic mass is 10.1. The number of piperazine rings is 1. The molecule has 0 aliphatic carbocycles. The normalized spacial score (nSPS) is 31.9. The number of nitrogens with zero attached hydrogens (tertiary/aromatic N) is 1. The molecule has 0 spiro atoms. The molecule has 2 atom stereocenters. The largest absolute Gasteiger partial charge is 0.376 e. The van der Waals surface area contributed by atoms with Crippen LogP contribution in [0, 0.1) is 0 Å². The van der Waals surface area contributed by atoms with Gasteiger partial charge in [0.25, 0.3) is 0 Å². The second-order valence-corrected chi connectivity index (χ2v) is 4.07. The molecule has 2 heterocycles. The maximum atomic E-state index is 11.6. The molecule has 2 aliphatic rings. The first kappa shape index (κ1) is 10.4. The summed E-state index contributed by atoms with van der Waals surface area (Å²) in [6.45, 7) is 3.19. The van der Waals surface area contributed by atoms with Crippen molar-refractivity contribution < 1.29 is 14.3 Å². The number of nitrogens with one attached hydrogen (secondary N) is 1. The second-order valence-electron chi connectivity index (χ2n) is 4.07. The highest BCUT2D eigenvalue weighted by molar-refractivity contribution is 5.94. The predicted molar refractivity (Wildman–Crippen MR) is 53.2 cm³/mol. The average molecular weight is 212 g/mol. The van der Waals surface area contributed by atoms with Gasteiger partial charge in [-0.2, -0.15) is 0 Å². The van der Waals surface area contributed by atoms with Crippen LogP contribution in [0.25, 0.3) is 0 Å². The first-order chi connectivity index (χ1) is 7.18. The van der Waals surface area contributed by atoms with E-state index in [0.29, 0.717) is 6.54 Å². The highest BCUT2D eigenvalue weighted by atomic mass is 16.5. The van der Waals surface area contributed by atoms with Gasteiger partial charge in [0, 0.05) is 13.2 Å². The van der Waals surface area contributed by atoms with Crippen LogP contribution in [-0.4, -0.2) is 48.6 Å². The van der Waals surface area contributed by atoms with Crippen molar-refractivity contribution >= 4 is 11.8 Å². The van der Waals surface area contributed by atoms with E-state index in [4.69, 9.17) is 4.74 Å². The minimum Gasteiger partial charge on any atom is -0.376 e. The number of carbonyl (C=O) groups is 2. The third-order valence-corrected chi connectivity index (χ3v) is 3.01. The van der Waals surface area contributed by atoms with Crippen LogP contribution in [0.1, 0.15) is 19.8 Å². The standard InChI is InChI=1S/C10H16N2O3/c1-7-10(14)11-5-9(13)12(7)6-8-3-2-4-15-8/h7-8H,2-6H2,1H3,(H,11,14). The Morgan fingerprint density at radius 3 is 3.00 bits per heavy atom. The zero-order valence-electron chi connectivity index (χ0n) is 8.86. The van der Waals surface area contributed by atoms with Crippen molar-refractivity contribution in [3.63, 3.8) is 0 Å². The van der Waals surface area contributed by atoms with E-state index in [2.05, 4.69) is 5.32 Å². The maximum Gasteiger partial charge on any atom is 0.242 e. The zero-order valence-corrected chi connectivity index (χ0v) is 8.86. The van der Waals surface area contributed by atoms with Crippen molar-refractivity contribution in [2.75, 3.05) is 19.7 Å². The highest BCUT2D eigenvalue weighted by Crippen LogP contribution is 2.16. The first-order valence-corrected chi connectivity index (χ1v) is 5.37. The fraction of sp³-hybridized carbons (Fsp3) is 0.800. The summed E-state index contributed by atoms with van der Waals surface area (Å²) in [5.74, 6) is -0.0924. The molecular formula is C10H16N2O3. The Bertz CT molecular complexity index is 274. The molecule has 2 rings (SSSR count). The van der Waals surface area contributed by atoms with Gasteiger partial charge in [-0.3, -0.25) is 9.59 Å². The fourth-order valence-electron chi connectivity index (χ4n) is 2.04. The lowest BCUT2D eigenvalue weighted by Crippen LogP contribution is -2.58. The van der Waals surface area contributed by atoms with Gasteiger partial charge in [-0.25, -0.2) is 0 Å². The summed E-state index contributed by atoms with van der Waals surface area (Å²) >= 11 is 0. The lowest BCUT2D eigenvalue weighted by Gasteiger charge is -2.34. The molecule has 5 heteroatoms. The molecule has 2 unspecified atom stereocenters. The van der Waals surface area contributed by atoms with Crippen molar-refractivity contribution in [2.45, 2.75) is 31.9 Å². The number of ether oxygens (including phenoxy) is 1. The number of hydrogen-bond donors (Lipinski definition) is 1. The molecule has 84 valence electrons. The van der Waals surface area contributed by atoms with Crippen LogP contribution in [0.2, 0.25) is 0 Å². The summed E-state index contributed by atoms with van der Waals surface area (Å²) in [5, 5.41) is 2.57. The third kappa shape index (κ3) is 2.12. The average Bonchev–Trinajstić information content (AvgIpc) is 2.71. The van der Waals surface area contributed by atoms with Crippen LogP contribution in [0.15, 0.2) is 0 Å². The van der Waals surface area contributed by atoms with E-state index < -0.39 is 0 Å². The predicted octanol–water partition coefficient (Wildman–Crippen LogP) is -0.488. The number of carbonyl (C=O) groups excluding carboxylic acids is 2.